The van der Waals surface area contributed by atoms with E-state index in [-0.39, 0.29) is 5.91 Å². The molecule has 3 aromatic carbocycles. The molecule has 1 heterocycles. The number of nitrogens with zero attached hydrogens (tertiary/aromatic N) is 2. The number of carbonyl (C=O) groups is 1. The third-order valence-electron chi connectivity index (χ3n) is 4.85. The Hall–Kier alpha value is -2.54. The maximum absolute atomic E-state index is 13.0. The maximum Gasteiger partial charge on any atom is 0.270 e. The Bertz CT molecular complexity index is 1130. The molecule has 0 saturated carbocycles. The molecule has 1 aliphatic rings. The summed E-state index contributed by atoms with van der Waals surface area (Å²) in [7, 11) is 3.98. The van der Waals surface area contributed by atoms with E-state index in [1.807, 2.05) is 61.5 Å². The summed E-state index contributed by atoms with van der Waals surface area (Å²) < 4.78 is 0.556. The highest BCUT2D eigenvalue weighted by Crippen LogP contribution is 2.37. The lowest BCUT2D eigenvalue weighted by molar-refractivity contribution is -0.113. The van der Waals surface area contributed by atoms with Crippen LogP contribution in [0.25, 0.3) is 6.08 Å². The van der Waals surface area contributed by atoms with Crippen molar-refractivity contribution in [1.29, 1.82) is 0 Å². The monoisotopic (exact) mass is 462 g/mol. The summed E-state index contributed by atoms with van der Waals surface area (Å²) in [6.45, 7) is 2.09. The number of hydrogen-bond acceptors (Lipinski definition) is 5. The van der Waals surface area contributed by atoms with E-state index in [4.69, 9.17) is 12.2 Å². The van der Waals surface area contributed by atoms with Gasteiger partial charge in [-0.05, 0) is 67.1 Å². The molecule has 4 rings (SSSR count). The molecule has 0 radical (unpaired) electrons. The number of thiocarbonyl (C=S) groups is 1. The van der Waals surface area contributed by atoms with Gasteiger partial charge in [-0.1, -0.05) is 65.6 Å². The van der Waals surface area contributed by atoms with E-state index in [9.17, 15) is 4.79 Å². The van der Waals surface area contributed by atoms with E-state index in [1.54, 1.807) is 16.7 Å². The first-order valence-electron chi connectivity index (χ1n) is 9.81. The van der Waals surface area contributed by atoms with Crippen molar-refractivity contribution in [3.8, 4) is 0 Å². The van der Waals surface area contributed by atoms with Crippen LogP contribution in [0.2, 0.25) is 0 Å². The summed E-state index contributed by atoms with van der Waals surface area (Å²) in [5.74, 6) is -0.0780. The number of hydrogen-bond donors (Lipinski definition) is 0. The zero-order chi connectivity index (χ0) is 22.0. The molecule has 31 heavy (non-hydrogen) atoms. The molecule has 0 N–H and O–H groups in total. The fraction of sp³-hybridized carbons (Fsp3) is 0.120. The van der Waals surface area contributed by atoms with Gasteiger partial charge in [-0.15, -0.1) is 0 Å². The van der Waals surface area contributed by atoms with E-state index < -0.39 is 0 Å². The van der Waals surface area contributed by atoms with Gasteiger partial charge in [0.15, 0.2) is 4.32 Å². The Morgan fingerprint density at radius 2 is 1.48 bits per heavy atom. The largest absolute Gasteiger partial charge is 0.378 e. The smallest absolute Gasteiger partial charge is 0.270 e. The van der Waals surface area contributed by atoms with Gasteiger partial charge in [0.25, 0.3) is 5.91 Å². The van der Waals surface area contributed by atoms with Crippen LogP contribution in [0.3, 0.4) is 0 Å². The summed E-state index contributed by atoms with van der Waals surface area (Å²) in [4.78, 5) is 19.6. The minimum absolute atomic E-state index is 0.0780. The van der Waals surface area contributed by atoms with Crippen molar-refractivity contribution in [2.45, 2.75) is 16.7 Å². The molecular formula is C25H22N2OS3. The number of aryl methyl sites for hydroxylation is 1. The molecule has 0 spiro atoms. The van der Waals surface area contributed by atoms with Crippen molar-refractivity contribution in [2.24, 2.45) is 0 Å². The second-order valence-corrected chi connectivity index (χ2v) is 10.2. The van der Waals surface area contributed by atoms with Gasteiger partial charge in [-0.25, -0.2) is 0 Å². The number of benzene rings is 3. The quantitative estimate of drug-likeness (QED) is 0.313. The van der Waals surface area contributed by atoms with Crippen molar-refractivity contribution in [1.82, 2.24) is 0 Å². The van der Waals surface area contributed by atoms with Crippen molar-refractivity contribution in [3.63, 3.8) is 0 Å². The molecule has 3 aromatic rings. The summed E-state index contributed by atoms with van der Waals surface area (Å²) in [6.07, 6.45) is 1.91. The summed E-state index contributed by atoms with van der Waals surface area (Å²) in [5.41, 5.74) is 4.11. The van der Waals surface area contributed by atoms with Crippen molar-refractivity contribution >= 4 is 63.4 Å². The Labute approximate surface area is 197 Å². The minimum atomic E-state index is -0.0780. The Kier molecular flexibility index (Phi) is 6.51. The van der Waals surface area contributed by atoms with Crippen LogP contribution in [0, 0.1) is 6.92 Å². The molecule has 0 atom stereocenters. The fourth-order valence-electron chi connectivity index (χ4n) is 3.12. The van der Waals surface area contributed by atoms with Gasteiger partial charge >= 0.3 is 0 Å². The predicted octanol–water partition coefficient (Wildman–Crippen LogP) is 6.62. The van der Waals surface area contributed by atoms with Crippen LogP contribution in [0.4, 0.5) is 11.4 Å². The molecule has 0 bridgehead atoms. The Morgan fingerprint density at radius 3 is 2.06 bits per heavy atom. The molecule has 1 saturated heterocycles. The highest BCUT2D eigenvalue weighted by molar-refractivity contribution is 8.27. The average molecular weight is 463 g/mol. The number of thioether (sulfide) groups is 1. The summed E-state index contributed by atoms with van der Waals surface area (Å²) in [5, 5.41) is 0. The molecular weight excluding hydrogens is 440 g/mol. The first kappa shape index (κ1) is 21.7. The van der Waals surface area contributed by atoms with Gasteiger partial charge in [0, 0.05) is 29.6 Å². The molecule has 3 nitrogen and oxygen atoms in total. The third-order valence-corrected chi connectivity index (χ3v) is 7.17. The summed E-state index contributed by atoms with van der Waals surface area (Å²) >= 11 is 8.56. The normalized spacial score (nSPS) is 15.1. The SMILES string of the molecule is Cc1ccc(Sc2ccc(/C=C3\SC(=S)N(c4ccc(N(C)C)cc4)C3=O)cc2)cc1. The van der Waals surface area contributed by atoms with E-state index in [1.165, 1.54) is 22.2 Å². The number of rotatable bonds is 5. The molecule has 156 valence electrons. The Balaban J connectivity index is 1.49. The minimum Gasteiger partial charge on any atom is -0.378 e. The van der Waals surface area contributed by atoms with Crippen LogP contribution in [0.1, 0.15) is 11.1 Å². The molecule has 1 amide bonds. The van der Waals surface area contributed by atoms with Crippen LogP contribution >= 0.6 is 35.7 Å². The number of carbonyl (C=O) groups excluding carboxylic acids is 1. The summed E-state index contributed by atoms with van der Waals surface area (Å²) in [6, 6.07) is 24.6. The number of anilines is 2. The lowest BCUT2D eigenvalue weighted by Gasteiger charge is -2.17. The topological polar surface area (TPSA) is 23.6 Å². The van der Waals surface area contributed by atoms with Crippen LogP contribution < -0.4 is 9.80 Å². The van der Waals surface area contributed by atoms with Gasteiger partial charge < -0.3 is 4.90 Å². The predicted molar refractivity (Wildman–Crippen MR) is 138 cm³/mol. The average Bonchev–Trinajstić information content (AvgIpc) is 3.04. The lowest BCUT2D eigenvalue weighted by atomic mass is 10.2. The molecule has 1 aliphatic heterocycles. The van der Waals surface area contributed by atoms with Crippen LogP contribution in [-0.2, 0) is 4.79 Å². The third kappa shape index (κ3) is 5.03. The highest BCUT2D eigenvalue weighted by Gasteiger charge is 2.33. The second-order valence-electron chi connectivity index (χ2n) is 7.41. The van der Waals surface area contributed by atoms with E-state index in [0.717, 1.165) is 21.8 Å². The van der Waals surface area contributed by atoms with Crippen LogP contribution in [0.5, 0.6) is 0 Å². The first-order valence-corrected chi connectivity index (χ1v) is 11.8. The van der Waals surface area contributed by atoms with Crippen molar-refractivity contribution in [3.05, 3.63) is 88.8 Å². The fourth-order valence-corrected chi connectivity index (χ4v) is 5.23. The zero-order valence-electron chi connectivity index (χ0n) is 17.5. The maximum atomic E-state index is 13.0. The van der Waals surface area contributed by atoms with E-state index in [2.05, 4.69) is 43.3 Å². The molecule has 0 aliphatic carbocycles. The molecule has 0 unspecified atom stereocenters. The van der Waals surface area contributed by atoms with Gasteiger partial charge in [-0.3, -0.25) is 9.69 Å². The Morgan fingerprint density at radius 1 is 0.903 bits per heavy atom. The standard InChI is InChI=1S/C25H22N2OS3/c1-17-4-12-21(13-5-17)30-22-14-6-18(7-15-22)16-23-24(28)27(25(29)31-23)20-10-8-19(9-11-20)26(2)3/h4-16H,1-3H3/b23-16-. The molecule has 0 aromatic heterocycles. The van der Waals surface area contributed by atoms with Gasteiger partial charge in [0.1, 0.15) is 0 Å². The van der Waals surface area contributed by atoms with Crippen LogP contribution in [-0.4, -0.2) is 24.3 Å². The van der Waals surface area contributed by atoms with E-state index >= 15 is 0 Å². The van der Waals surface area contributed by atoms with Crippen molar-refractivity contribution < 1.29 is 4.79 Å². The van der Waals surface area contributed by atoms with Gasteiger partial charge in [0.2, 0.25) is 0 Å². The molecule has 6 heteroatoms. The second kappa shape index (κ2) is 9.30. The van der Waals surface area contributed by atoms with Gasteiger partial charge in [0.05, 0.1) is 10.6 Å². The van der Waals surface area contributed by atoms with E-state index in [0.29, 0.717) is 9.23 Å². The number of amides is 1. The van der Waals surface area contributed by atoms with Crippen LogP contribution in [0.15, 0.2) is 87.5 Å². The van der Waals surface area contributed by atoms with Gasteiger partial charge in [-0.2, -0.15) is 0 Å². The highest BCUT2D eigenvalue weighted by atomic mass is 32.2. The van der Waals surface area contributed by atoms with Crippen molar-refractivity contribution in [2.75, 3.05) is 23.9 Å². The zero-order valence-corrected chi connectivity index (χ0v) is 20.0. The first-order chi connectivity index (χ1) is 14.9. The molecule has 1 fully saturated rings. The lowest BCUT2D eigenvalue weighted by Crippen LogP contribution is -2.27.